The van der Waals surface area contributed by atoms with Crippen LogP contribution >= 0.6 is 0 Å². The monoisotopic (exact) mass is 341 g/mol. The lowest BCUT2D eigenvalue weighted by atomic mass is 10.1. The minimum Gasteiger partial charge on any atom is -0.339 e. The zero-order chi connectivity index (χ0) is 18.4. The van der Waals surface area contributed by atoms with E-state index < -0.39 is 10.8 Å². The van der Waals surface area contributed by atoms with Crippen molar-refractivity contribution in [1.82, 2.24) is 4.90 Å². The highest BCUT2D eigenvalue weighted by Gasteiger charge is 2.14. The van der Waals surface area contributed by atoms with Crippen molar-refractivity contribution in [3.8, 4) is 0 Å². The smallest absolute Gasteiger partial charge is 0.270 e. The SMILES string of the molecule is CCN(CC)C(=O)c1ccc(NC(=O)c2cccc([N+](=O)[O-])c2)cc1. The molecule has 1 N–H and O–H groups in total. The molecule has 0 saturated carbocycles. The molecule has 0 unspecified atom stereocenters. The van der Waals surface area contributed by atoms with Crippen LogP contribution in [-0.4, -0.2) is 34.7 Å². The van der Waals surface area contributed by atoms with Crippen LogP contribution in [0.3, 0.4) is 0 Å². The zero-order valence-corrected chi connectivity index (χ0v) is 14.1. The number of rotatable bonds is 6. The van der Waals surface area contributed by atoms with E-state index in [0.29, 0.717) is 24.3 Å². The van der Waals surface area contributed by atoms with Crippen LogP contribution in [0.15, 0.2) is 48.5 Å². The van der Waals surface area contributed by atoms with Crippen molar-refractivity contribution in [3.05, 3.63) is 69.8 Å². The lowest BCUT2D eigenvalue weighted by Gasteiger charge is -2.18. The fraction of sp³-hybridized carbons (Fsp3) is 0.222. The summed E-state index contributed by atoms with van der Waals surface area (Å²) in [6.07, 6.45) is 0. The van der Waals surface area contributed by atoms with Crippen LogP contribution < -0.4 is 5.32 Å². The highest BCUT2D eigenvalue weighted by molar-refractivity contribution is 6.05. The summed E-state index contributed by atoms with van der Waals surface area (Å²) >= 11 is 0. The summed E-state index contributed by atoms with van der Waals surface area (Å²) in [5.41, 5.74) is 1.09. The van der Waals surface area contributed by atoms with Gasteiger partial charge in [-0.15, -0.1) is 0 Å². The molecule has 0 radical (unpaired) electrons. The van der Waals surface area contributed by atoms with Gasteiger partial charge >= 0.3 is 0 Å². The van der Waals surface area contributed by atoms with E-state index >= 15 is 0 Å². The van der Waals surface area contributed by atoms with Crippen molar-refractivity contribution in [2.24, 2.45) is 0 Å². The van der Waals surface area contributed by atoms with Crippen LogP contribution in [0.1, 0.15) is 34.6 Å². The van der Waals surface area contributed by atoms with Crippen molar-refractivity contribution >= 4 is 23.2 Å². The number of hydrogen-bond acceptors (Lipinski definition) is 4. The van der Waals surface area contributed by atoms with Crippen LogP contribution in [0.2, 0.25) is 0 Å². The molecular weight excluding hydrogens is 322 g/mol. The molecule has 0 aliphatic rings. The number of carbonyl (C=O) groups excluding carboxylic acids is 2. The normalized spacial score (nSPS) is 10.2. The Balaban J connectivity index is 2.11. The lowest BCUT2D eigenvalue weighted by molar-refractivity contribution is -0.384. The highest BCUT2D eigenvalue weighted by atomic mass is 16.6. The number of non-ortho nitro benzene ring substituents is 1. The van der Waals surface area contributed by atoms with E-state index in [0.717, 1.165) is 0 Å². The molecule has 0 saturated heterocycles. The molecule has 130 valence electrons. The van der Waals surface area contributed by atoms with Crippen molar-refractivity contribution in [2.75, 3.05) is 18.4 Å². The van der Waals surface area contributed by atoms with E-state index in [2.05, 4.69) is 5.32 Å². The van der Waals surface area contributed by atoms with E-state index in [4.69, 9.17) is 0 Å². The van der Waals surface area contributed by atoms with E-state index in [1.54, 1.807) is 29.2 Å². The first-order valence-corrected chi connectivity index (χ1v) is 7.91. The number of carbonyl (C=O) groups is 2. The molecule has 7 heteroatoms. The second-order valence-corrected chi connectivity index (χ2v) is 5.32. The first-order valence-electron chi connectivity index (χ1n) is 7.91. The van der Waals surface area contributed by atoms with Gasteiger partial charge in [0.05, 0.1) is 4.92 Å². The summed E-state index contributed by atoms with van der Waals surface area (Å²) in [4.78, 5) is 36.4. The van der Waals surface area contributed by atoms with Gasteiger partial charge in [-0.1, -0.05) is 6.07 Å². The number of nitro groups is 1. The molecule has 0 bridgehead atoms. The highest BCUT2D eigenvalue weighted by Crippen LogP contribution is 2.16. The minimum absolute atomic E-state index is 0.0680. The summed E-state index contributed by atoms with van der Waals surface area (Å²) in [6.45, 7) is 5.07. The molecule has 0 fully saturated rings. The Morgan fingerprint density at radius 1 is 1.04 bits per heavy atom. The molecule has 2 aromatic rings. The van der Waals surface area contributed by atoms with Gasteiger partial charge in [0.2, 0.25) is 0 Å². The fourth-order valence-corrected chi connectivity index (χ4v) is 2.35. The number of nitro benzene ring substituents is 1. The third-order valence-corrected chi connectivity index (χ3v) is 3.76. The molecule has 0 spiro atoms. The molecule has 25 heavy (non-hydrogen) atoms. The standard InChI is InChI=1S/C18H19N3O4/c1-3-20(4-2)18(23)13-8-10-15(11-9-13)19-17(22)14-6-5-7-16(12-14)21(24)25/h5-12H,3-4H2,1-2H3,(H,19,22). The number of amides is 2. The molecule has 0 aliphatic heterocycles. The number of anilines is 1. The van der Waals surface area contributed by atoms with Crippen molar-refractivity contribution in [3.63, 3.8) is 0 Å². The van der Waals surface area contributed by atoms with Crippen molar-refractivity contribution in [2.45, 2.75) is 13.8 Å². The van der Waals surface area contributed by atoms with Crippen LogP contribution in [-0.2, 0) is 0 Å². The summed E-state index contributed by atoms with van der Waals surface area (Å²) in [7, 11) is 0. The molecule has 2 amide bonds. The average molecular weight is 341 g/mol. The summed E-state index contributed by atoms with van der Waals surface area (Å²) in [5, 5.41) is 13.4. The predicted octanol–water partition coefficient (Wildman–Crippen LogP) is 3.33. The van der Waals surface area contributed by atoms with Gasteiger partial charge in [-0.3, -0.25) is 19.7 Å². The van der Waals surface area contributed by atoms with Gasteiger partial charge in [0, 0.05) is 42.0 Å². The van der Waals surface area contributed by atoms with Gasteiger partial charge in [0.25, 0.3) is 17.5 Å². The van der Waals surface area contributed by atoms with Crippen molar-refractivity contribution < 1.29 is 14.5 Å². The molecule has 0 aromatic heterocycles. The first kappa shape index (κ1) is 18.1. The molecule has 7 nitrogen and oxygen atoms in total. The van der Waals surface area contributed by atoms with Gasteiger partial charge in [-0.05, 0) is 44.2 Å². The number of nitrogens with one attached hydrogen (secondary N) is 1. The Morgan fingerprint density at radius 2 is 1.68 bits per heavy atom. The Kier molecular flexibility index (Phi) is 5.84. The second-order valence-electron chi connectivity index (χ2n) is 5.32. The third kappa shape index (κ3) is 4.41. The van der Waals surface area contributed by atoms with E-state index in [1.807, 2.05) is 13.8 Å². The maximum absolute atomic E-state index is 12.2. The minimum atomic E-state index is -0.551. The van der Waals surface area contributed by atoms with Crippen LogP contribution in [0.5, 0.6) is 0 Å². The topological polar surface area (TPSA) is 92.6 Å². The first-order chi connectivity index (χ1) is 12.0. The van der Waals surface area contributed by atoms with Gasteiger partial charge in [-0.25, -0.2) is 0 Å². The number of benzene rings is 2. The van der Waals surface area contributed by atoms with Crippen molar-refractivity contribution in [1.29, 1.82) is 0 Å². The number of nitrogens with zero attached hydrogens (tertiary/aromatic N) is 2. The molecule has 0 aliphatic carbocycles. The second kappa shape index (κ2) is 8.05. The average Bonchev–Trinajstić information content (AvgIpc) is 2.63. The molecule has 2 rings (SSSR count). The molecule has 2 aromatic carbocycles. The van der Waals surface area contributed by atoms with Gasteiger partial charge in [0.1, 0.15) is 0 Å². The summed E-state index contributed by atoms with van der Waals surface area (Å²) < 4.78 is 0. The predicted molar refractivity (Wildman–Crippen MR) is 94.7 cm³/mol. The Bertz CT molecular complexity index is 783. The van der Waals surface area contributed by atoms with Crippen LogP contribution in [0.4, 0.5) is 11.4 Å². The largest absolute Gasteiger partial charge is 0.339 e. The molecule has 0 heterocycles. The van der Waals surface area contributed by atoms with E-state index in [9.17, 15) is 19.7 Å². The maximum atomic E-state index is 12.2. The van der Waals surface area contributed by atoms with E-state index in [1.165, 1.54) is 24.3 Å². The Labute approximate surface area is 145 Å². The fourth-order valence-electron chi connectivity index (χ4n) is 2.35. The van der Waals surface area contributed by atoms with Crippen LogP contribution in [0, 0.1) is 10.1 Å². The quantitative estimate of drug-likeness (QED) is 0.644. The van der Waals surface area contributed by atoms with Gasteiger partial charge < -0.3 is 10.2 Å². The Hall–Kier alpha value is -3.22. The molecule has 0 atom stereocenters. The van der Waals surface area contributed by atoms with Gasteiger partial charge in [-0.2, -0.15) is 0 Å². The summed E-state index contributed by atoms with van der Waals surface area (Å²) in [6, 6.07) is 12.0. The number of hydrogen-bond donors (Lipinski definition) is 1. The third-order valence-electron chi connectivity index (χ3n) is 3.76. The Morgan fingerprint density at radius 3 is 2.24 bits per heavy atom. The van der Waals surface area contributed by atoms with E-state index in [-0.39, 0.29) is 17.2 Å². The van der Waals surface area contributed by atoms with Crippen LogP contribution in [0.25, 0.3) is 0 Å². The summed E-state index contributed by atoms with van der Waals surface area (Å²) in [5.74, 6) is -0.520. The molecular formula is C18H19N3O4. The zero-order valence-electron chi connectivity index (χ0n) is 14.1. The van der Waals surface area contributed by atoms with Gasteiger partial charge in [0.15, 0.2) is 0 Å². The lowest BCUT2D eigenvalue weighted by Crippen LogP contribution is -2.30. The maximum Gasteiger partial charge on any atom is 0.270 e.